The van der Waals surface area contributed by atoms with E-state index >= 15 is 0 Å². The molecule has 13 heteroatoms. The first-order valence-electron chi connectivity index (χ1n) is 10.4. The van der Waals surface area contributed by atoms with E-state index in [-0.39, 0.29) is 4.90 Å². The molecular formula is C24H19ClF3N3O5S. The number of ether oxygens (including phenoxy) is 1. The normalized spacial score (nSPS) is 11.8. The van der Waals surface area contributed by atoms with Crippen LogP contribution in [0.1, 0.15) is 18.1 Å². The topological polar surface area (TPSA) is 105 Å². The standard InChI is InChI=1S/C24H19ClF3N3O5S/c1-16(32)36-19-10-7-17(8-11-19)14-29-30-23(33)15-31(37(34,35)20-5-3-2-4-6-20)18-9-12-22(25)21(13-18)24(26,27)28/h2-14H,15H2,1H3,(H,30,33)/b29-14-. The molecule has 0 aromatic heterocycles. The van der Waals surface area contributed by atoms with Crippen molar-refractivity contribution in [3.05, 3.63) is 88.9 Å². The molecule has 8 nitrogen and oxygen atoms in total. The van der Waals surface area contributed by atoms with E-state index in [2.05, 4.69) is 10.5 Å². The molecule has 3 rings (SSSR count). The van der Waals surface area contributed by atoms with E-state index in [4.69, 9.17) is 16.3 Å². The summed E-state index contributed by atoms with van der Waals surface area (Å²) in [6.07, 6.45) is -3.61. The molecular weight excluding hydrogens is 535 g/mol. The number of esters is 1. The van der Waals surface area contributed by atoms with Gasteiger partial charge in [-0.05, 0) is 60.2 Å². The second-order valence-electron chi connectivity index (χ2n) is 7.44. The first-order chi connectivity index (χ1) is 17.4. The van der Waals surface area contributed by atoms with Gasteiger partial charge in [-0.15, -0.1) is 0 Å². The number of nitrogens with one attached hydrogen (secondary N) is 1. The summed E-state index contributed by atoms with van der Waals surface area (Å²) in [6.45, 7) is 0.374. The van der Waals surface area contributed by atoms with E-state index in [0.29, 0.717) is 21.7 Å². The molecule has 0 atom stereocenters. The molecule has 0 radical (unpaired) electrons. The number of carbonyl (C=O) groups excluding carboxylic acids is 2. The Bertz CT molecular complexity index is 1410. The van der Waals surface area contributed by atoms with Crippen molar-refractivity contribution >= 4 is 45.4 Å². The van der Waals surface area contributed by atoms with Gasteiger partial charge in [-0.2, -0.15) is 18.3 Å². The van der Waals surface area contributed by atoms with Gasteiger partial charge in [0.1, 0.15) is 12.3 Å². The Hall–Kier alpha value is -3.90. The van der Waals surface area contributed by atoms with Gasteiger partial charge in [-0.25, -0.2) is 13.8 Å². The quantitative estimate of drug-likeness (QED) is 0.189. The van der Waals surface area contributed by atoms with E-state index in [9.17, 15) is 31.2 Å². The van der Waals surface area contributed by atoms with Crippen molar-refractivity contribution in [3.8, 4) is 5.75 Å². The number of sulfonamides is 1. The van der Waals surface area contributed by atoms with Crippen molar-refractivity contribution in [1.82, 2.24) is 5.43 Å². The van der Waals surface area contributed by atoms with Crippen molar-refractivity contribution in [2.24, 2.45) is 5.10 Å². The molecule has 3 aromatic rings. The van der Waals surface area contributed by atoms with E-state index < -0.39 is 50.9 Å². The van der Waals surface area contributed by atoms with Crippen LogP contribution in [0.5, 0.6) is 5.75 Å². The Balaban J connectivity index is 1.86. The predicted molar refractivity (Wildman–Crippen MR) is 131 cm³/mol. The fourth-order valence-electron chi connectivity index (χ4n) is 3.05. The molecule has 3 aromatic carbocycles. The van der Waals surface area contributed by atoms with Gasteiger partial charge in [0, 0.05) is 6.92 Å². The molecule has 0 heterocycles. The maximum Gasteiger partial charge on any atom is 0.417 e. The van der Waals surface area contributed by atoms with Gasteiger partial charge in [0.05, 0.1) is 27.4 Å². The molecule has 194 valence electrons. The highest BCUT2D eigenvalue weighted by Crippen LogP contribution is 2.38. The lowest BCUT2D eigenvalue weighted by atomic mass is 10.2. The number of hydrogen-bond donors (Lipinski definition) is 1. The second kappa shape index (κ2) is 11.4. The van der Waals surface area contributed by atoms with Gasteiger partial charge >= 0.3 is 12.1 Å². The first-order valence-corrected chi connectivity index (χ1v) is 12.2. The zero-order chi connectivity index (χ0) is 27.2. The van der Waals surface area contributed by atoms with Gasteiger partial charge in [0.15, 0.2) is 0 Å². The highest BCUT2D eigenvalue weighted by molar-refractivity contribution is 7.92. The highest BCUT2D eigenvalue weighted by atomic mass is 35.5. The number of benzene rings is 3. The van der Waals surface area contributed by atoms with Crippen LogP contribution in [0, 0.1) is 0 Å². The summed E-state index contributed by atoms with van der Waals surface area (Å²) in [5.74, 6) is -1.11. The molecule has 0 bridgehead atoms. The summed E-state index contributed by atoms with van der Waals surface area (Å²) in [5.41, 5.74) is 0.990. The van der Waals surface area contributed by atoms with Crippen molar-refractivity contribution < 1.29 is 35.9 Å². The summed E-state index contributed by atoms with van der Waals surface area (Å²) in [5, 5.41) is 3.13. The smallest absolute Gasteiger partial charge is 0.417 e. The summed E-state index contributed by atoms with van der Waals surface area (Å²) in [4.78, 5) is 23.3. The van der Waals surface area contributed by atoms with Crippen molar-refractivity contribution in [2.45, 2.75) is 18.0 Å². The molecule has 0 aliphatic carbocycles. The Kier molecular flexibility index (Phi) is 8.56. The zero-order valence-corrected chi connectivity index (χ0v) is 20.6. The molecule has 37 heavy (non-hydrogen) atoms. The Morgan fingerprint density at radius 1 is 1.05 bits per heavy atom. The monoisotopic (exact) mass is 553 g/mol. The lowest BCUT2D eigenvalue weighted by Gasteiger charge is -2.24. The van der Waals surface area contributed by atoms with E-state index in [0.717, 1.165) is 12.1 Å². The molecule has 1 amide bonds. The average molecular weight is 554 g/mol. The van der Waals surface area contributed by atoms with Gasteiger partial charge < -0.3 is 4.74 Å². The number of rotatable bonds is 8. The highest BCUT2D eigenvalue weighted by Gasteiger charge is 2.35. The van der Waals surface area contributed by atoms with Crippen LogP contribution in [-0.4, -0.2) is 33.1 Å². The van der Waals surface area contributed by atoms with Gasteiger partial charge in [0.25, 0.3) is 15.9 Å². The molecule has 0 aliphatic heterocycles. The van der Waals surface area contributed by atoms with Crippen LogP contribution in [0.4, 0.5) is 18.9 Å². The van der Waals surface area contributed by atoms with E-state index in [1.807, 2.05) is 0 Å². The van der Waals surface area contributed by atoms with Crippen LogP contribution < -0.4 is 14.5 Å². The Morgan fingerprint density at radius 3 is 2.30 bits per heavy atom. The lowest BCUT2D eigenvalue weighted by Crippen LogP contribution is -2.39. The van der Waals surface area contributed by atoms with Crippen molar-refractivity contribution in [1.29, 1.82) is 0 Å². The third-order valence-corrected chi connectivity index (χ3v) is 6.82. The average Bonchev–Trinajstić information content (AvgIpc) is 2.83. The summed E-state index contributed by atoms with van der Waals surface area (Å²) < 4.78 is 72.2. The Labute approximate surface area is 215 Å². The van der Waals surface area contributed by atoms with Crippen LogP contribution in [0.15, 0.2) is 82.8 Å². The minimum Gasteiger partial charge on any atom is -0.427 e. The van der Waals surface area contributed by atoms with Gasteiger partial charge in [0.2, 0.25) is 0 Å². The molecule has 0 aliphatic rings. The van der Waals surface area contributed by atoms with Crippen molar-refractivity contribution in [3.63, 3.8) is 0 Å². The molecule has 0 fully saturated rings. The number of amides is 1. The summed E-state index contributed by atoms with van der Waals surface area (Å²) in [6, 6.07) is 15.6. The Morgan fingerprint density at radius 2 is 1.70 bits per heavy atom. The predicted octanol–water partition coefficient (Wildman–Crippen LogP) is 4.63. The largest absolute Gasteiger partial charge is 0.427 e. The zero-order valence-electron chi connectivity index (χ0n) is 19.1. The number of alkyl halides is 3. The minimum atomic E-state index is -4.85. The summed E-state index contributed by atoms with van der Waals surface area (Å²) in [7, 11) is -4.45. The first kappa shape index (κ1) is 27.7. The SMILES string of the molecule is CC(=O)Oc1ccc(/C=N\NC(=O)CN(c2ccc(Cl)c(C(F)(F)F)c2)S(=O)(=O)c2ccccc2)cc1. The number of hydrogen-bond acceptors (Lipinski definition) is 6. The maximum absolute atomic E-state index is 13.4. The van der Waals surface area contributed by atoms with Gasteiger partial charge in [-0.3, -0.25) is 13.9 Å². The van der Waals surface area contributed by atoms with Crippen molar-refractivity contribution in [2.75, 3.05) is 10.8 Å². The van der Waals surface area contributed by atoms with Gasteiger partial charge in [-0.1, -0.05) is 29.8 Å². The molecule has 0 spiro atoms. The number of halogens is 4. The fourth-order valence-corrected chi connectivity index (χ4v) is 4.71. The second-order valence-corrected chi connectivity index (χ2v) is 9.71. The van der Waals surface area contributed by atoms with Crippen LogP contribution in [0.2, 0.25) is 5.02 Å². The molecule has 0 saturated heterocycles. The van der Waals surface area contributed by atoms with E-state index in [1.54, 1.807) is 18.2 Å². The maximum atomic E-state index is 13.4. The number of nitrogens with zero attached hydrogens (tertiary/aromatic N) is 2. The third-order valence-electron chi connectivity index (χ3n) is 4.71. The van der Waals surface area contributed by atoms with Crippen LogP contribution in [0.3, 0.4) is 0 Å². The fraction of sp³-hybridized carbons (Fsp3) is 0.125. The third kappa shape index (κ3) is 7.30. The van der Waals surface area contributed by atoms with Crippen LogP contribution >= 0.6 is 11.6 Å². The van der Waals surface area contributed by atoms with Crippen LogP contribution in [0.25, 0.3) is 0 Å². The van der Waals surface area contributed by atoms with E-state index in [1.165, 1.54) is 49.5 Å². The molecule has 1 N–H and O–H groups in total. The molecule has 0 unspecified atom stereocenters. The number of anilines is 1. The summed E-state index contributed by atoms with van der Waals surface area (Å²) >= 11 is 5.67. The molecule has 0 saturated carbocycles. The number of hydrazone groups is 1. The number of carbonyl (C=O) groups is 2. The minimum absolute atomic E-state index is 0.234. The lowest BCUT2D eigenvalue weighted by molar-refractivity contribution is -0.137. The van der Waals surface area contributed by atoms with Crippen LogP contribution in [-0.2, 0) is 25.8 Å².